The minimum Gasteiger partial charge on any atom is -0.494 e. The van der Waals surface area contributed by atoms with Crippen LogP contribution in [0.5, 0.6) is 5.75 Å². The Kier molecular flexibility index (Phi) is 13.3. The second-order valence-corrected chi connectivity index (χ2v) is 9.94. The van der Waals surface area contributed by atoms with Gasteiger partial charge in [-0.05, 0) is 72.2 Å². The number of rotatable bonds is 19. The summed E-state index contributed by atoms with van der Waals surface area (Å²) in [4.78, 5) is 44.9. The van der Waals surface area contributed by atoms with E-state index in [1.807, 2.05) is 0 Å². The van der Waals surface area contributed by atoms with E-state index in [0.29, 0.717) is 48.0 Å². The lowest BCUT2D eigenvalue weighted by atomic mass is 10.1. The van der Waals surface area contributed by atoms with Crippen molar-refractivity contribution in [2.75, 3.05) is 31.6 Å². The molecule has 46 heavy (non-hydrogen) atoms. The molecule has 246 valence electrons. The topological polar surface area (TPSA) is 232 Å². The Hall–Kier alpha value is -5.22. The minimum absolute atomic E-state index is 0. The number of carbonyl (C=O) groups is 3. The van der Waals surface area contributed by atoms with Gasteiger partial charge in [0.25, 0.3) is 5.91 Å². The molecule has 16 nitrogen and oxygen atoms in total. The molecule has 0 unspecified atom stereocenters. The van der Waals surface area contributed by atoms with Crippen molar-refractivity contribution in [1.29, 1.82) is 0 Å². The number of hydrogen-bond acceptors (Lipinski definition) is 12. The fourth-order valence-corrected chi connectivity index (χ4v) is 4.38. The quantitative estimate of drug-likeness (QED) is 0.0541. The first-order chi connectivity index (χ1) is 21.7. The van der Waals surface area contributed by atoms with Gasteiger partial charge in [0.2, 0.25) is 5.52 Å². The predicted octanol–water partition coefficient (Wildman–Crippen LogP) is 4.11. The van der Waals surface area contributed by atoms with Crippen molar-refractivity contribution in [3.63, 3.8) is 0 Å². The van der Waals surface area contributed by atoms with Gasteiger partial charge < -0.3 is 35.3 Å². The summed E-state index contributed by atoms with van der Waals surface area (Å²) in [6, 6.07) is 11.4. The summed E-state index contributed by atoms with van der Waals surface area (Å²) < 4.78 is 16.0. The summed E-state index contributed by atoms with van der Waals surface area (Å²) in [6.45, 7) is 2.71. The van der Waals surface area contributed by atoms with Gasteiger partial charge in [0.15, 0.2) is 11.3 Å². The van der Waals surface area contributed by atoms with Gasteiger partial charge in [-0.2, -0.15) is 0 Å². The molecule has 0 radical (unpaired) electrons. The SMILES string of the molecule is Cl.O=C(O)C[C@H](NC(=O)c1ccc(-c2ccc(OCCCCCCNCCNc3ccc([N+](=O)[O-])c4nonc34)cc2)o1)C(=O)O. The van der Waals surface area contributed by atoms with Gasteiger partial charge in [-0.15, -0.1) is 12.4 Å². The molecule has 1 amide bonds. The number of fused-ring (bicyclic) bond motifs is 1. The number of anilines is 1. The third-order valence-electron chi connectivity index (χ3n) is 6.68. The number of ether oxygens (including phenoxy) is 1. The molecule has 4 rings (SSSR count). The Labute approximate surface area is 268 Å². The lowest BCUT2D eigenvalue weighted by Crippen LogP contribution is -2.42. The maximum Gasteiger partial charge on any atom is 0.326 e. The third-order valence-corrected chi connectivity index (χ3v) is 6.68. The van der Waals surface area contributed by atoms with Crippen LogP contribution < -0.4 is 20.7 Å². The number of nitrogens with zero attached hydrogens (tertiary/aromatic N) is 3. The van der Waals surface area contributed by atoms with Crippen LogP contribution in [0.3, 0.4) is 0 Å². The highest BCUT2D eigenvalue weighted by Crippen LogP contribution is 2.28. The Morgan fingerprint density at radius 1 is 0.913 bits per heavy atom. The number of nitro benzene ring substituents is 1. The average Bonchev–Trinajstić information content (AvgIpc) is 3.70. The second kappa shape index (κ2) is 17.3. The highest BCUT2D eigenvalue weighted by Gasteiger charge is 2.25. The molecule has 2 heterocycles. The number of nitro groups is 1. The molecule has 17 heteroatoms. The Morgan fingerprint density at radius 2 is 1.65 bits per heavy atom. The Morgan fingerprint density at radius 3 is 2.37 bits per heavy atom. The highest BCUT2D eigenvalue weighted by atomic mass is 35.5. The molecule has 0 bridgehead atoms. The average molecular weight is 661 g/mol. The number of aliphatic carboxylic acids is 2. The van der Waals surface area contributed by atoms with Gasteiger partial charge in [-0.3, -0.25) is 19.7 Å². The molecule has 2 aromatic heterocycles. The fraction of sp³-hybridized carbons (Fsp3) is 0.345. The molecule has 0 aliphatic rings. The summed E-state index contributed by atoms with van der Waals surface area (Å²) in [6.07, 6.45) is 3.18. The number of unbranched alkanes of at least 4 members (excludes halogenated alkanes) is 3. The van der Waals surface area contributed by atoms with Crippen LogP contribution in [0.1, 0.15) is 42.7 Å². The number of carboxylic acids is 2. The van der Waals surface area contributed by atoms with Crippen LogP contribution >= 0.6 is 12.4 Å². The van der Waals surface area contributed by atoms with Crippen molar-refractivity contribution in [2.45, 2.75) is 38.1 Å². The van der Waals surface area contributed by atoms with Crippen LogP contribution in [-0.4, -0.2) is 75.6 Å². The Balaban J connectivity index is 0.00000576. The number of halogens is 1. The number of furan rings is 1. The molecule has 0 spiro atoms. The molecule has 4 aromatic rings. The van der Waals surface area contributed by atoms with Crippen molar-refractivity contribution in [3.8, 4) is 17.1 Å². The van der Waals surface area contributed by atoms with Crippen LogP contribution in [0.4, 0.5) is 11.4 Å². The van der Waals surface area contributed by atoms with E-state index in [1.54, 1.807) is 36.4 Å². The third kappa shape index (κ3) is 9.90. The van der Waals surface area contributed by atoms with E-state index < -0.39 is 35.2 Å². The fourth-order valence-electron chi connectivity index (χ4n) is 4.38. The van der Waals surface area contributed by atoms with E-state index in [4.69, 9.17) is 19.4 Å². The van der Waals surface area contributed by atoms with Gasteiger partial charge >= 0.3 is 17.6 Å². The first-order valence-electron chi connectivity index (χ1n) is 14.2. The van der Waals surface area contributed by atoms with Crippen molar-refractivity contribution < 1.29 is 43.3 Å². The number of carboxylic acid groups (broad SMARTS) is 2. The van der Waals surface area contributed by atoms with E-state index in [0.717, 1.165) is 32.2 Å². The van der Waals surface area contributed by atoms with Crippen molar-refractivity contribution in [2.24, 2.45) is 0 Å². The molecule has 0 saturated heterocycles. The monoisotopic (exact) mass is 660 g/mol. The van der Waals surface area contributed by atoms with Gasteiger partial charge in [0.05, 0.1) is 23.6 Å². The summed E-state index contributed by atoms with van der Waals surface area (Å²) in [5.41, 5.74) is 1.59. The lowest BCUT2D eigenvalue weighted by molar-refractivity contribution is -0.383. The van der Waals surface area contributed by atoms with Gasteiger partial charge in [-0.1, -0.05) is 12.8 Å². The first kappa shape index (κ1) is 35.3. The van der Waals surface area contributed by atoms with E-state index in [2.05, 4.69) is 30.9 Å². The van der Waals surface area contributed by atoms with E-state index in [-0.39, 0.29) is 29.4 Å². The van der Waals surface area contributed by atoms with Crippen LogP contribution in [0.2, 0.25) is 0 Å². The predicted molar refractivity (Wildman–Crippen MR) is 166 cm³/mol. The zero-order chi connectivity index (χ0) is 32.2. The van der Waals surface area contributed by atoms with Crippen molar-refractivity contribution >= 4 is 52.7 Å². The number of aromatic nitrogens is 2. The smallest absolute Gasteiger partial charge is 0.326 e. The molecule has 2 aromatic carbocycles. The summed E-state index contributed by atoms with van der Waals surface area (Å²) in [5.74, 6) is -2.70. The molecule has 0 aliphatic carbocycles. The van der Waals surface area contributed by atoms with Gasteiger partial charge in [0.1, 0.15) is 17.6 Å². The molecule has 1 atom stereocenters. The minimum atomic E-state index is -1.58. The number of carbonyl (C=O) groups excluding carboxylic acids is 1. The molecular weight excluding hydrogens is 628 g/mol. The standard InChI is InChI=1S/C29H32N6O10.ClH/c36-25(37)17-21(29(39)40)32-28(38)24-12-11-23(44-24)18-5-7-19(8-6-18)43-16-4-2-1-3-13-30-14-15-31-20-9-10-22(35(41)42)27-26(20)33-45-34-27;/h5-12,21,30-31H,1-4,13-17H2,(H,32,38)(H,36,37)(H,39,40);1H/t21-;/m0./s1. The lowest BCUT2D eigenvalue weighted by Gasteiger charge is -2.10. The molecule has 0 aliphatic heterocycles. The van der Waals surface area contributed by atoms with Gasteiger partial charge in [-0.25, -0.2) is 9.42 Å². The van der Waals surface area contributed by atoms with E-state index in [1.165, 1.54) is 12.1 Å². The van der Waals surface area contributed by atoms with Crippen LogP contribution in [0.15, 0.2) is 57.6 Å². The number of hydrogen-bond donors (Lipinski definition) is 5. The maximum atomic E-state index is 12.3. The van der Waals surface area contributed by atoms with Crippen molar-refractivity contribution in [3.05, 3.63) is 64.4 Å². The number of non-ortho nitro benzene ring substituents is 1. The molecule has 5 N–H and O–H groups in total. The highest BCUT2D eigenvalue weighted by molar-refractivity contribution is 5.96. The van der Waals surface area contributed by atoms with Crippen molar-refractivity contribution in [1.82, 2.24) is 20.9 Å². The molecule has 0 saturated carbocycles. The van der Waals surface area contributed by atoms with E-state index in [9.17, 15) is 24.5 Å². The van der Waals surface area contributed by atoms with Crippen LogP contribution in [-0.2, 0) is 9.59 Å². The molecular formula is C29H33ClN6O10. The molecule has 0 fully saturated rings. The van der Waals surface area contributed by atoms with Crippen LogP contribution in [0.25, 0.3) is 22.4 Å². The summed E-state index contributed by atoms with van der Waals surface area (Å²) in [7, 11) is 0. The number of benzene rings is 2. The van der Waals surface area contributed by atoms with Gasteiger partial charge in [0, 0.05) is 24.7 Å². The second-order valence-electron chi connectivity index (χ2n) is 9.94. The zero-order valence-electron chi connectivity index (χ0n) is 24.5. The maximum absolute atomic E-state index is 12.3. The van der Waals surface area contributed by atoms with Crippen LogP contribution in [0, 0.1) is 10.1 Å². The first-order valence-corrected chi connectivity index (χ1v) is 14.2. The zero-order valence-corrected chi connectivity index (χ0v) is 25.3. The Bertz CT molecular complexity index is 1620. The largest absolute Gasteiger partial charge is 0.494 e. The van der Waals surface area contributed by atoms with E-state index >= 15 is 0 Å². The normalized spacial score (nSPS) is 11.4. The summed E-state index contributed by atoms with van der Waals surface area (Å²) in [5, 5.41) is 45.1. The number of nitrogens with one attached hydrogen (secondary N) is 3. The number of amides is 1. The summed E-state index contributed by atoms with van der Waals surface area (Å²) >= 11 is 0.